The molecule has 6 heteroatoms. The van der Waals surface area contributed by atoms with Crippen molar-refractivity contribution in [1.29, 1.82) is 0 Å². The molecule has 100 valence electrons. The number of rotatable bonds is 2. The molecule has 0 radical (unpaired) electrons. The summed E-state index contributed by atoms with van der Waals surface area (Å²) in [5.74, 6) is -0.259. The number of hydrogen-bond donors (Lipinski definition) is 1. The molecule has 0 saturated carbocycles. The highest BCUT2D eigenvalue weighted by molar-refractivity contribution is 5.96. The zero-order chi connectivity index (χ0) is 13.6. The van der Waals surface area contributed by atoms with Crippen LogP contribution in [-0.2, 0) is 11.8 Å². The number of nitrogens with zero attached hydrogens (tertiary/aromatic N) is 2. The molecule has 1 N–H and O–H groups in total. The van der Waals surface area contributed by atoms with Gasteiger partial charge in [0, 0.05) is 32.9 Å². The number of oxazole rings is 1. The van der Waals surface area contributed by atoms with Gasteiger partial charge in [-0.2, -0.15) is 0 Å². The third kappa shape index (κ3) is 1.84. The number of hydrogen-bond acceptors (Lipinski definition) is 4. The Hall–Kier alpha value is -2.08. The molecule has 1 aliphatic heterocycles. The second-order valence-corrected chi connectivity index (χ2v) is 4.83. The van der Waals surface area contributed by atoms with Gasteiger partial charge in [0.2, 0.25) is 5.91 Å². The number of amides is 1. The summed E-state index contributed by atoms with van der Waals surface area (Å²) >= 11 is 0. The lowest BCUT2D eigenvalue weighted by atomic mass is 10.0. The van der Waals surface area contributed by atoms with Gasteiger partial charge in [0.05, 0.1) is 11.4 Å². The number of carbonyl (C=O) groups is 1. The Morgan fingerprint density at radius 1 is 1.47 bits per heavy atom. The van der Waals surface area contributed by atoms with Gasteiger partial charge in [-0.15, -0.1) is 0 Å². The molecule has 1 saturated heterocycles. The number of carbonyl (C=O) groups excluding carboxylic acids is 1. The van der Waals surface area contributed by atoms with Gasteiger partial charge in [-0.05, 0) is 18.2 Å². The molecule has 2 heterocycles. The molecule has 3 rings (SSSR count). The average Bonchev–Trinajstić information content (AvgIpc) is 2.62. The highest BCUT2D eigenvalue weighted by atomic mass is 16.4. The minimum atomic E-state index is -0.399. The molecule has 6 nitrogen and oxygen atoms in total. The zero-order valence-electron chi connectivity index (χ0n) is 10.8. The van der Waals surface area contributed by atoms with Crippen molar-refractivity contribution in [3.05, 3.63) is 28.7 Å². The van der Waals surface area contributed by atoms with E-state index in [9.17, 15) is 9.59 Å². The molecule has 0 bridgehead atoms. The number of anilines is 1. The summed E-state index contributed by atoms with van der Waals surface area (Å²) in [5.41, 5.74) is 1.98. The first kappa shape index (κ1) is 12.0. The molecule has 2 aromatic rings. The lowest BCUT2D eigenvalue weighted by Gasteiger charge is -2.30. The Balaban J connectivity index is 1.98. The summed E-state index contributed by atoms with van der Waals surface area (Å²) in [4.78, 5) is 25.2. The lowest BCUT2D eigenvalue weighted by molar-refractivity contribution is -0.123. The third-order valence-corrected chi connectivity index (χ3v) is 3.62. The highest BCUT2D eigenvalue weighted by Crippen LogP contribution is 2.22. The number of aromatic nitrogens is 1. The lowest BCUT2D eigenvalue weighted by Crippen LogP contribution is -2.51. The molecule has 1 aromatic heterocycles. The molecule has 0 spiro atoms. The van der Waals surface area contributed by atoms with E-state index in [0.29, 0.717) is 11.1 Å². The van der Waals surface area contributed by atoms with E-state index in [1.165, 1.54) is 4.57 Å². The number of aryl methyl sites for hydroxylation is 1. The van der Waals surface area contributed by atoms with Crippen molar-refractivity contribution < 1.29 is 9.21 Å². The minimum absolute atomic E-state index is 0.0499. The van der Waals surface area contributed by atoms with Crippen molar-refractivity contribution in [2.45, 2.75) is 0 Å². The molecule has 1 aliphatic rings. The second kappa shape index (κ2) is 4.24. The van der Waals surface area contributed by atoms with Gasteiger partial charge in [0.1, 0.15) is 0 Å². The number of nitrogens with one attached hydrogen (secondary N) is 1. The topological polar surface area (TPSA) is 67.5 Å². The summed E-state index contributed by atoms with van der Waals surface area (Å²) in [6.45, 7) is 1.46. The third-order valence-electron chi connectivity index (χ3n) is 3.62. The van der Waals surface area contributed by atoms with Crippen molar-refractivity contribution >= 4 is 22.7 Å². The van der Waals surface area contributed by atoms with Crippen LogP contribution in [0.1, 0.15) is 0 Å². The molecule has 19 heavy (non-hydrogen) atoms. The number of fused-ring (bicyclic) bond motifs is 1. The van der Waals surface area contributed by atoms with E-state index in [-0.39, 0.29) is 11.8 Å². The van der Waals surface area contributed by atoms with Crippen LogP contribution in [0.5, 0.6) is 0 Å². The summed E-state index contributed by atoms with van der Waals surface area (Å²) < 4.78 is 6.50. The van der Waals surface area contributed by atoms with E-state index in [1.54, 1.807) is 37.2 Å². The maximum atomic E-state index is 12.1. The van der Waals surface area contributed by atoms with E-state index < -0.39 is 5.76 Å². The Bertz CT molecular complexity index is 697. The van der Waals surface area contributed by atoms with Crippen LogP contribution in [0.25, 0.3) is 11.1 Å². The Morgan fingerprint density at radius 2 is 2.21 bits per heavy atom. The van der Waals surface area contributed by atoms with Crippen LogP contribution >= 0.6 is 0 Å². The Kier molecular flexibility index (Phi) is 2.67. The first-order valence-corrected chi connectivity index (χ1v) is 6.16. The van der Waals surface area contributed by atoms with E-state index in [0.717, 1.165) is 18.8 Å². The summed E-state index contributed by atoms with van der Waals surface area (Å²) in [5, 5.41) is 3.08. The van der Waals surface area contributed by atoms with E-state index in [4.69, 9.17) is 4.42 Å². The van der Waals surface area contributed by atoms with Crippen LogP contribution in [0.2, 0.25) is 0 Å². The van der Waals surface area contributed by atoms with Crippen LogP contribution in [0, 0.1) is 5.92 Å². The van der Waals surface area contributed by atoms with Gasteiger partial charge in [0.15, 0.2) is 5.58 Å². The molecule has 1 aromatic carbocycles. The SMILES string of the molecule is CN(C(=O)C1CNC1)c1ccc2oc(=O)n(C)c2c1. The fourth-order valence-electron chi connectivity index (χ4n) is 2.19. The van der Waals surface area contributed by atoms with Crippen LogP contribution in [0.15, 0.2) is 27.4 Å². The maximum absolute atomic E-state index is 12.1. The van der Waals surface area contributed by atoms with Gasteiger partial charge in [-0.1, -0.05) is 0 Å². The molecule has 0 aliphatic carbocycles. The first-order chi connectivity index (χ1) is 9.08. The van der Waals surface area contributed by atoms with E-state index >= 15 is 0 Å². The van der Waals surface area contributed by atoms with Gasteiger partial charge in [-0.25, -0.2) is 4.79 Å². The average molecular weight is 261 g/mol. The van der Waals surface area contributed by atoms with Crippen molar-refractivity contribution in [2.24, 2.45) is 13.0 Å². The van der Waals surface area contributed by atoms with Crippen LogP contribution in [-0.4, -0.2) is 30.6 Å². The largest absolute Gasteiger partial charge is 0.419 e. The molecular weight excluding hydrogens is 246 g/mol. The summed E-state index contributed by atoms with van der Waals surface area (Å²) in [6.07, 6.45) is 0. The molecular formula is C13H15N3O3. The standard InChI is InChI=1S/C13H15N3O3/c1-15(12(17)8-6-14-7-8)9-3-4-11-10(5-9)16(2)13(18)19-11/h3-5,8,14H,6-7H2,1-2H3. The van der Waals surface area contributed by atoms with Gasteiger partial charge < -0.3 is 14.6 Å². The fourth-order valence-corrected chi connectivity index (χ4v) is 2.19. The van der Waals surface area contributed by atoms with Crippen LogP contribution in [0.3, 0.4) is 0 Å². The molecule has 0 unspecified atom stereocenters. The summed E-state index contributed by atoms with van der Waals surface area (Å²) in [7, 11) is 3.40. The van der Waals surface area contributed by atoms with Crippen molar-refractivity contribution in [1.82, 2.24) is 9.88 Å². The second-order valence-electron chi connectivity index (χ2n) is 4.83. The zero-order valence-corrected chi connectivity index (χ0v) is 10.8. The first-order valence-electron chi connectivity index (χ1n) is 6.16. The molecule has 0 atom stereocenters. The van der Waals surface area contributed by atoms with Crippen molar-refractivity contribution in [3.8, 4) is 0 Å². The predicted octanol–water partition coefficient (Wildman–Crippen LogP) is 0.314. The van der Waals surface area contributed by atoms with Crippen LogP contribution < -0.4 is 16.0 Å². The predicted molar refractivity (Wildman–Crippen MR) is 71.2 cm³/mol. The number of benzene rings is 1. The van der Waals surface area contributed by atoms with Gasteiger partial charge in [-0.3, -0.25) is 9.36 Å². The normalized spacial score (nSPS) is 15.5. The van der Waals surface area contributed by atoms with E-state index in [2.05, 4.69) is 5.32 Å². The summed E-state index contributed by atoms with van der Waals surface area (Å²) in [6, 6.07) is 5.30. The fraction of sp³-hybridized carbons (Fsp3) is 0.385. The highest BCUT2D eigenvalue weighted by Gasteiger charge is 2.28. The van der Waals surface area contributed by atoms with E-state index in [1.807, 2.05) is 0 Å². The van der Waals surface area contributed by atoms with Crippen LogP contribution in [0.4, 0.5) is 5.69 Å². The Morgan fingerprint density at radius 3 is 2.84 bits per heavy atom. The van der Waals surface area contributed by atoms with Crippen molar-refractivity contribution in [3.63, 3.8) is 0 Å². The quantitative estimate of drug-likeness (QED) is 0.845. The molecule has 1 fully saturated rings. The maximum Gasteiger partial charge on any atom is 0.419 e. The molecule has 1 amide bonds. The smallest absolute Gasteiger partial charge is 0.408 e. The Labute approximate surface area is 109 Å². The minimum Gasteiger partial charge on any atom is -0.408 e. The monoisotopic (exact) mass is 261 g/mol. The van der Waals surface area contributed by atoms with Gasteiger partial charge in [0.25, 0.3) is 0 Å². The van der Waals surface area contributed by atoms with Crippen molar-refractivity contribution in [2.75, 3.05) is 25.0 Å². The van der Waals surface area contributed by atoms with Gasteiger partial charge >= 0.3 is 5.76 Å².